The molecule has 0 aliphatic carbocycles. The summed E-state index contributed by atoms with van der Waals surface area (Å²) in [6, 6.07) is 19.5. The Morgan fingerprint density at radius 2 is 1.72 bits per heavy atom. The summed E-state index contributed by atoms with van der Waals surface area (Å²) >= 11 is 7.78. The summed E-state index contributed by atoms with van der Waals surface area (Å²) in [4.78, 5) is 9.19. The molecule has 3 nitrogen and oxygen atoms in total. The first-order valence-electron chi connectivity index (χ1n) is 8.10. The van der Waals surface area contributed by atoms with Crippen molar-refractivity contribution in [3.63, 3.8) is 0 Å². The Kier molecular flexibility index (Phi) is 5.95. The van der Waals surface area contributed by atoms with Gasteiger partial charge in [-0.05, 0) is 23.6 Å². The molecule has 3 rings (SSSR count). The van der Waals surface area contributed by atoms with Crippen molar-refractivity contribution in [2.24, 2.45) is 0 Å². The van der Waals surface area contributed by atoms with Crippen LogP contribution in [-0.2, 0) is 5.75 Å². The van der Waals surface area contributed by atoms with Gasteiger partial charge in [-0.2, -0.15) is 4.98 Å². The molecule has 1 heterocycles. The number of para-hydroxylation sites is 1. The van der Waals surface area contributed by atoms with Crippen LogP contribution < -0.4 is 4.74 Å². The van der Waals surface area contributed by atoms with Crippen LogP contribution >= 0.6 is 23.4 Å². The normalized spacial score (nSPS) is 10.9. The van der Waals surface area contributed by atoms with Gasteiger partial charge in [0.15, 0.2) is 5.16 Å². The third-order valence-electron chi connectivity index (χ3n) is 3.56. The lowest BCUT2D eigenvalue weighted by Crippen LogP contribution is -2.00. The molecule has 0 bridgehead atoms. The molecule has 0 N–H and O–H groups in total. The molecule has 1 aromatic heterocycles. The lowest BCUT2D eigenvalue weighted by Gasteiger charge is -2.11. The average Bonchev–Trinajstić information content (AvgIpc) is 2.63. The predicted octanol–water partition coefficient (Wildman–Crippen LogP) is 6.34. The van der Waals surface area contributed by atoms with Crippen molar-refractivity contribution >= 4 is 23.4 Å². The fraction of sp³-hybridized carbons (Fsp3) is 0.200. The second-order valence-corrected chi connectivity index (χ2v) is 7.22. The lowest BCUT2D eigenvalue weighted by atomic mass is 10.1. The number of aromatic nitrogens is 2. The van der Waals surface area contributed by atoms with Gasteiger partial charge < -0.3 is 4.74 Å². The molecule has 0 saturated heterocycles. The summed E-state index contributed by atoms with van der Waals surface area (Å²) < 4.78 is 5.90. The number of nitrogens with zero attached hydrogens (tertiary/aromatic N) is 2. The molecule has 2 aromatic carbocycles. The Bertz CT molecular complexity index is 840. The highest BCUT2D eigenvalue weighted by atomic mass is 35.5. The number of hydrogen-bond acceptors (Lipinski definition) is 4. The minimum Gasteiger partial charge on any atom is -0.437 e. The molecule has 0 fully saturated rings. The van der Waals surface area contributed by atoms with Crippen molar-refractivity contribution in [3.8, 4) is 11.6 Å². The Labute approximate surface area is 157 Å². The maximum absolute atomic E-state index is 6.18. The van der Waals surface area contributed by atoms with Gasteiger partial charge in [0.25, 0.3) is 0 Å². The molecule has 25 heavy (non-hydrogen) atoms. The van der Waals surface area contributed by atoms with Gasteiger partial charge in [0, 0.05) is 11.8 Å². The van der Waals surface area contributed by atoms with Crippen molar-refractivity contribution in [2.45, 2.75) is 30.7 Å². The molecule has 0 aliphatic heterocycles. The van der Waals surface area contributed by atoms with E-state index >= 15 is 0 Å². The van der Waals surface area contributed by atoms with Crippen LogP contribution in [0.15, 0.2) is 65.8 Å². The van der Waals surface area contributed by atoms with Crippen molar-refractivity contribution < 1.29 is 4.74 Å². The average molecular weight is 371 g/mol. The van der Waals surface area contributed by atoms with Crippen molar-refractivity contribution in [1.82, 2.24) is 9.97 Å². The zero-order valence-corrected chi connectivity index (χ0v) is 15.7. The summed E-state index contributed by atoms with van der Waals surface area (Å²) in [6.45, 7) is 4.21. The smallest absolute Gasteiger partial charge is 0.223 e. The maximum Gasteiger partial charge on any atom is 0.223 e. The molecule has 0 amide bonds. The fourth-order valence-corrected chi connectivity index (χ4v) is 3.18. The topological polar surface area (TPSA) is 35.0 Å². The van der Waals surface area contributed by atoms with E-state index in [0.29, 0.717) is 21.8 Å². The first kappa shape index (κ1) is 17.8. The highest BCUT2D eigenvalue weighted by molar-refractivity contribution is 7.98. The summed E-state index contributed by atoms with van der Waals surface area (Å²) in [5.41, 5.74) is 2.19. The number of ether oxygens (including phenoxy) is 1. The standard InChI is InChI=1S/C20H19ClN2OS/c1-14(2)17-12-19(24-18-11-7-6-10-16(18)21)23-20(22-17)25-13-15-8-4-3-5-9-15/h3-12,14H,13H2,1-2H3. The Morgan fingerprint density at radius 1 is 1.00 bits per heavy atom. The quantitative estimate of drug-likeness (QED) is 0.374. The minimum absolute atomic E-state index is 0.285. The summed E-state index contributed by atoms with van der Waals surface area (Å²) in [5, 5.41) is 1.27. The molecule has 3 aromatic rings. The van der Waals surface area contributed by atoms with E-state index in [4.69, 9.17) is 16.3 Å². The summed E-state index contributed by atoms with van der Waals surface area (Å²) in [6.07, 6.45) is 0. The van der Waals surface area contributed by atoms with E-state index in [0.717, 1.165) is 11.4 Å². The van der Waals surface area contributed by atoms with Gasteiger partial charge in [0.05, 0.1) is 10.7 Å². The van der Waals surface area contributed by atoms with Crippen LogP contribution in [-0.4, -0.2) is 9.97 Å². The van der Waals surface area contributed by atoms with E-state index in [-0.39, 0.29) is 5.92 Å². The number of benzene rings is 2. The molecule has 0 saturated carbocycles. The van der Waals surface area contributed by atoms with Gasteiger partial charge in [0.1, 0.15) is 5.75 Å². The fourth-order valence-electron chi connectivity index (χ4n) is 2.20. The molecule has 0 spiro atoms. The highest BCUT2D eigenvalue weighted by Crippen LogP contribution is 2.31. The van der Waals surface area contributed by atoms with Gasteiger partial charge >= 0.3 is 0 Å². The zero-order valence-electron chi connectivity index (χ0n) is 14.1. The second kappa shape index (κ2) is 8.37. The van der Waals surface area contributed by atoms with Crippen LogP contribution in [0.1, 0.15) is 31.0 Å². The molecule has 0 aliphatic rings. The van der Waals surface area contributed by atoms with E-state index < -0.39 is 0 Å². The van der Waals surface area contributed by atoms with E-state index in [1.54, 1.807) is 17.8 Å². The van der Waals surface area contributed by atoms with Crippen LogP contribution in [0.3, 0.4) is 0 Å². The highest BCUT2D eigenvalue weighted by Gasteiger charge is 2.11. The molecular formula is C20H19ClN2OS. The Hall–Kier alpha value is -2.04. The Balaban J connectivity index is 1.83. The zero-order chi connectivity index (χ0) is 17.6. The van der Waals surface area contributed by atoms with Crippen LogP contribution in [0, 0.1) is 0 Å². The number of thioether (sulfide) groups is 1. The summed E-state index contributed by atoms with van der Waals surface area (Å²) in [5.74, 6) is 2.21. The van der Waals surface area contributed by atoms with Gasteiger partial charge in [-0.25, -0.2) is 4.98 Å². The molecule has 0 radical (unpaired) electrons. The monoisotopic (exact) mass is 370 g/mol. The van der Waals surface area contributed by atoms with E-state index in [1.807, 2.05) is 42.5 Å². The number of rotatable bonds is 6. The molecular weight excluding hydrogens is 352 g/mol. The van der Waals surface area contributed by atoms with Crippen molar-refractivity contribution in [3.05, 3.63) is 76.9 Å². The SMILES string of the molecule is CC(C)c1cc(Oc2ccccc2Cl)nc(SCc2ccccc2)n1. The predicted molar refractivity (Wildman–Crippen MR) is 104 cm³/mol. The lowest BCUT2D eigenvalue weighted by molar-refractivity contribution is 0.453. The maximum atomic E-state index is 6.18. The minimum atomic E-state index is 0.285. The molecule has 0 atom stereocenters. The van der Waals surface area contributed by atoms with Crippen LogP contribution in [0.2, 0.25) is 5.02 Å². The number of hydrogen-bond donors (Lipinski definition) is 0. The molecule has 5 heteroatoms. The first-order valence-corrected chi connectivity index (χ1v) is 9.46. The van der Waals surface area contributed by atoms with Crippen LogP contribution in [0.5, 0.6) is 11.6 Å². The van der Waals surface area contributed by atoms with Gasteiger partial charge in [0.2, 0.25) is 5.88 Å². The van der Waals surface area contributed by atoms with Gasteiger partial charge in [-0.15, -0.1) is 0 Å². The van der Waals surface area contributed by atoms with Crippen molar-refractivity contribution in [2.75, 3.05) is 0 Å². The van der Waals surface area contributed by atoms with Gasteiger partial charge in [-0.3, -0.25) is 0 Å². The van der Waals surface area contributed by atoms with Gasteiger partial charge in [-0.1, -0.05) is 79.7 Å². The molecule has 0 unspecified atom stereocenters. The number of halogens is 1. The molecule has 128 valence electrons. The van der Waals surface area contributed by atoms with E-state index in [1.165, 1.54) is 5.56 Å². The second-order valence-electron chi connectivity index (χ2n) is 5.88. The largest absolute Gasteiger partial charge is 0.437 e. The Morgan fingerprint density at radius 3 is 2.44 bits per heavy atom. The van der Waals surface area contributed by atoms with Crippen LogP contribution in [0.4, 0.5) is 0 Å². The van der Waals surface area contributed by atoms with Crippen molar-refractivity contribution in [1.29, 1.82) is 0 Å². The van der Waals surface area contributed by atoms with E-state index in [9.17, 15) is 0 Å². The third-order valence-corrected chi connectivity index (χ3v) is 4.79. The van der Waals surface area contributed by atoms with E-state index in [2.05, 4.69) is 35.9 Å². The first-order chi connectivity index (χ1) is 12.1. The summed E-state index contributed by atoms with van der Waals surface area (Å²) in [7, 11) is 0. The van der Waals surface area contributed by atoms with Crippen LogP contribution in [0.25, 0.3) is 0 Å². The third kappa shape index (κ3) is 4.97.